The van der Waals surface area contributed by atoms with Gasteiger partial charge in [0.2, 0.25) is 5.91 Å². The largest absolute Gasteiger partial charge is 0.354 e. The topological polar surface area (TPSA) is 68.8 Å². The highest BCUT2D eigenvalue weighted by Crippen LogP contribution is 2.12. The van der Waals surface area contributed by atoms with Crippen LogP contribution in [-0.4, -0.2) is 72.5 Å². The Hall–Kier alpha value is -2.15. The normalized spacial score (nSPS) is 19.6. The van der Waals surface area contributed by atoms with Crippen LogP contribution < -0.4 is 10.2 Å². The third-order valence-electron chi connectivity index (χ3n) is 4.14. The molecule has 2 fully saturated rings. The molecule has 0 bridgehead atoms. The lowest BCUT2D eigenvalue weighted by Crippen LogP contribution is -2.47. The molecule has 3 heterocycles. The van der Waals surface area contributed by atoms with Crippen molar-refractivity contribution in [2.45, 2.75) is 6.42 Å². The van der Waals surface area contributed by atoms with E-state index in [2.05, 4.69) is 20.1 Å². The van der Waals surface area contributed by atoms with Gasteiger partial charge in [0.1, 0.15) is 5.82 Å². The Morgan fingerprint density at radius 2 is 1.91 bits per heavy atom. The van der Waals surface area contributed by atoms with Gasteiger partial charge < -0.3 is 10.2 Å². The molecule has 118 valence electrons. The van der Waals surface area contributed by atoms with Crippen LogP contribution in [0.2, 0.25) is 0 Å². The minimum atomic E-state index is -0.259. The summed E-state index contributed by atoms with van der Waals surface area (Å²) in [6.45, 7) is 5.44. The number of nitrogens with one attached hydrogen (secondary N) is 1. The molecule has 3 rings (SSSR count). The first kappa shape index (κ1) is 14.8. The van der Waals surface area contributed by atoms with Crippen LogP contribution in [0.15, 0.2) is 24.4 Å². The summed E-state index contributed by atoms with van der Waals surface area (Å²) in [4.78, 5) is 33.3. The minimum absolute atomic E-state index is 0.120. The molecule has 0 aliphatic carbocycles. The number of pyridine rings is 1. The highest BCUT2D eigenvalue weighted by molar-refractivity contribution is 6.01. The Bertz CT molecular complexity index is 512. The van der Waals surface area contributed by atoms with Crippen LogP contribution in [0.4, 0.5) is 10.6 Å². The first-order valence-electron chi connectivity index (χ1n) is 7.70. The molecule has 0 radical (unpaired) electrons. The summed E-state index contributed by atoms with van der Waals surface area (Å²) in [6, 6.07) is 5.71. The molecule has 0 atom stereocenters. The maximum Gasteiger partial charge on any atom is 0.324 e. The van der Waals surface area contributed by atoms with E-state index in [1.807, 2.05) is 24.4 Å². The highest BCUT2D eigenvalue weighted by atomic mass is 16.2. The van der Waals surface area contributed by atoms with Crippen LogP contribution in [0, 0.1) is 0 Å². The van der Waals surface area contributed by atoms with Crippen molar-refractivity contribution in [3.63, 3.8) is 0 Å². The fourth-order valence-electron chi connectivity index (χ4n) is 2.88. The summed E-state index contributed by atoms with van der Waals surface area (Å²) in [5.74, 6) is 0.909. The molecule has 0 spiro atoms. The second-order valence-electron chi connectivity index (χ2n) is 5.57. The SMILES string of the molecule is O=C1CNC(=O)N1CCCN1CCN(c2ccccn2)CC1. The van der Waals surface area contributed by atoms with E-state index in [1.54, 1.807) is 0 Å². The number of piperazine rings is 1. The smallest absolute Gasteiger partial charge is 0.324 e. The standard InChI is InChI=1S/C15H21N5O2/c21-14-12-17-15(22)20(14)7-3-6-18-8-10-19(11-9-18)13-4-1-2-5-16-13/h1-2,4-5H,3,6-12H2,(H,17,22). The molecule has 1 aromatic rings. The Kier molecular flexibility index (Phi) is 4.53. The summed E-state index contributed by atoms with van der Waals surface area (Å²) < 4.78 is 0. The van der Waals surface area contributed by atoms with Crippen LogP contribution >= 0.6 is 0 Å². The van der Waals surface area contributed by atoms with Gasteiger partial charge >= 0.3 is 6.03 Å². The number of carbonyl (C=O) groups excluding carboxylic acids is 2. The molecule has 7 nitrogen and oxygen atoms in total. The van der Waals surface area contributed by atoms with Crippen molar-refractivity contribution in [1.82, 2.24) is 20.1 Å². The van der Waals surface area contributed by atoms with Gasteiger partial charge in [0.25, 0.3) is 0 Å². The monoisotopic (exact) mass is 303 g/mol. The van der Waals surface area contributed by atoms with Gasteiger partial charge in [-0.25, -0.2) is 9.78 Å². The van der Waals surface area contributed by atoms with Gasteiger partial charge in [-0.15, -0.1) is 0 Å². The molecule has 2 saturated heterocycles. The predicted octanol–water partition coefficient (Wildman–Crippen LogP) is 0.145. The highest BCUT2D eigenvalue weighted by Gasteiger charge is 2.28. The van der Waals surface area contributed by atoms with Crippen LogP contribution in [-0.2, 0) is 4.79 Å². The lowest BCUT2D eigenvalue weighted by molar-refractivity contribution is -0.125. The number of carbonyl (C=O) groups is 2. The molecule has 3 amide bonds. The zero-order valence-electron chi connectivity index (χ0n) is 12.6. The van der Waals surface area contributed by atoms with Crippen LogP contribution in [0.5, 0.6) is 0 Å². The Balaban J connectivity index is 1.39. The molecule has 0 aromatic carbocycles. The van der Waals surface area contributed by atoms with E-state index >= 15 is 0 Å². The quantitative estimate of drug-likeness (QED) is 0.784. The summed E-state index contributed by atoms with van der Waals surface area (Å²) in [7, 11) is 0. The first-order valence-corrected chi connectivity index (χ1v) is 7.70. The molecule has 1 aromatic heterocycles. The molecule has 0 saturated carbocycles. The Labute approximate surface area is 129 Å². The second kappa shape index (κ2) is 6.74. The number of amides is 3. The third kappa shape index (κ3) is 3.36. The van der Waals surface area contributed by atoms with Crippen LogP contribution in [0.3, 0.4) is 0 Å². The van der Waals surface area contributed by atoms with Gasteiger partial charge in [-0.3, -0.25) is 14.6 Å². The maximum atomic E-state index is 11.5. The second-order valence-corrected chi connectivity index (χ2v) is 5.57. The maximum absolute atomic E-state index is 11.5. The average molecular weight is 303 g/mol. The van der Waals surface area contributed by atoms with Gasteiger partial charge in [0.15, 0.2) is 0 Å². The number of hydrogen-bond acceptors (Lipinski definition) is 5. The first-order chi connectivity index (χ1) is 10.7. The van der Waals surface area contributed by atoms with Gasteiger partial charge in [0.05, 0.1) is 6.54 Å². The lowest BCUT2D eigenvalue weighted by Gasteiger charge is -2.35. The molecule has 7 heteroatoms. The summed E-state index contributed by atoms with van der Waals surface area (Å²) >= 11 is 0. The van der Waals surface area contributed by atoms with Gasteiger partial charge in [0, 0.05) is 38.9 Å². The van der Waals surface area contributed by atoms with Gasteiger partial charge in [-0.1, -0.05) is 6.07 Å². The van der Waals surface area contributed by atoms with Crippen molar-refractivity contribution in [2.24, 2.45) is 0 Å². The van der Waals surface area contributed by atoms with E-state index in [1.165, 1.54) is 4.90 Å². The molecule has 1 N–H and O–H groups in total. The molecular formula is C15H21N5O2. The zero-order chi connectivity index (χ0) is 15.4. The third-order valence-corrected chi connectivity index (χ3v) is 4.14. The molecular weight excluding hydrogens is 282 g/mol. The van der Waals surface area contributed by atoms with Crippen molar-refractivity contribution in [2.75, 3.05) is 50.7 Å². The molecule has 2 aliphatic rings. The fourth-order valence-corrected chi connectivity index (χ4v) is 2.88. The van der Waals surface area contributed by atoms with Gasteiger partial charge in [-0.2, -0.15) is 0 Å². The van der Waals surface area contributed by atoms with E-state index in [0.717, 1.165) is 45.0 Å². The number of imide groups is 1. The van der Waals surface area contributed by atoms with Gasteiger partial charge in [-0.05, 0) is 25.1 Å². The van der Waals surface area contributed by atoms with E-state index in [0.29, 0.717) is 6.54 Å². The van der Waals surface area contributed by atoms with Crippen molar-refractivity contribution < 1.29 is 9.59 Å². The average Bonchev–Trinajstić information content (AvgIpc) is 2.88. The lowest BCUT2D eigenvalue weighted by atomic mass is 10.2. The van der Waals surface area contributed by atoms with Crippen molar-refractivity contribution in [3.8, 4) is 0 Å². The number of rotatable bonds is 5. The van der Waals surface area contributed by atoms with E-state index in [9.17, 15) is 9.59 Å². The minimum Gasteiger partial charge on any atom is -0.354 e. The zero-order valence-corrected chi connectivity index (χ0v) is 12.6. The van der Waals surface area contributed by atoms with Crippen molar-refractivity contribution in [3.05, 3.63) is 24.4 Å². The Morgan fingerprint density at radius 1 is 1.09 bits per heavy atom. The fraction of sp³-hybridized carbons (Fsp3) is 0.533. The number of aromatic nitrogens is 1. The number of anilines is 1. The van der Waals surface area contributed by atoms with E-state index in [-0.39, 0.29) is 18.5 Å². The predicted molar refractivity (Wildman–Crippen MR) is 82.6 cm³/mol. The molecule has 2 aliphatic heterocycles. The number of hydrogen-bond donors (Lipinski definition) is 1. The summed E-state index contributed by atoms with van der Waals surface area (Å²) in [5, 5.41) is 2.54. The van der Waals surface area contributed by atoms with E-state index in [4.69, 9.17) is 0 Å². The molecule has 22 heavy (non-hydrogen) atoms. The number of urea groups is 1. The molecule has 0 unspecified atom stereocenters. The Morgan fingerprint density at radius 3 is 2.55 bits per heavy atom. The van der Waals surface area contributed by atoms with E-state index < -0.39 is 0 Å². The van der Waals surface area contributed by atoms with Crippen molar-refractivity contribution in [1.29, 1.82) is 0 Å². The van der Waals surface area contributed by atoms with Crippen molar-refractivity contribution >= 4 is 17.8 Å². The van der Waals surface area contributed by atoms with Crippen LogP contribution in [0.25, 0.3) is 0 Å². The summed E-state index contributed by atoms with van der Waals surface area (Å²) in [5.41, 5.74) is 0. The van der Waals surface area contributed by atoms with Crippen LogP contribution in [0.1, 0.15) is 6.42 Å². The summed E-state index contributed by atoms with van der Waals surface area (Å²) in [6.07, 6.45) is 2.64. The number of nitrogens with zero attached hydrogens (tertiary/aromatic N) is 4.